The number of hydrogen-bond donors (Lipinski definition) is 2. The third-order valence-electron chi connectivity index (χ3n) is 3.15. The molecule has 0 radical (unpaired) electrons. The lowest BCUT2D eigenvalue weighted by Gasteiger charge is -2.25. The molecule has 0 aromatic rings. The Morgan fingerprint density at radius 2 is 2.24 bits per heavy atom. The molecule has 1 heterocycles. The molecule has 0 aromatic carbocycles. The third-order valence-corrected chi connectivity index (χ3v) is 3.15. The van der Waals surface area contributed by atoms with Crippen molar-refractivity contribution in [2.24, 2.45) is 5.73 Å². The van der Waals surface area contributed by atoms with E-state index in [2.05, 4.69) is 0 Å². The zero-order valence-corrected chi connectivity index (χ0v) is 10.3. The van der Waals surface area contributed by atoms with Crippen LogP contribution in [0.15, 0.2) is 0 Å². The molecule has 0 aromatic heterocycles. The van der Waals surface area contributed by atoms with Gasteiger partial charge < -0.3 is 15.6 Å². The minimum absolute atomic E-state index is 0.0428. The van der Waals surface area contributed by atoms with Crippen LogP contribution >= 0.6 is 0 Å². The van der Waals surface area contributed by atoms with E-state index < -0.39 is 11.5 Å². The summed E-state index contributed by atoms with van der Waals surface area (Å²) in [7, 11) is 0. The van der Waals surface area contributed by atoms with Gasteiger partial charge in [0.1, 0.15) is 5.54 Å². The van der Waals surface area contributed by atoms with Gasteiger partial charge in [-0.15, -0.1) is 0 Å². The smallest absolute Gasteiger partial charge is 0.325 e. The molecule has 98 valence electrons. The first kappa shape index (κ1) is 13.9. The van der Waals surface area contributed by atoms with E-state index in [1.54, 1.807) is 6.92 Å². The highest BCUT2D eigenvalue weighted by Crippen LogP contribution is 2.22. The van der Waals surface area contributed by atoms with E-state index in [4.69, 9.17) is 15.6 Å². The monoisotopic (exact) mass is 244 g/mol. The molecule has 2 unspecified atom stereocenters. The van der Waals surface area contributed by atoms with E-state index in [0.29, 0.717) is 19.6 Å². The number of nitrogens with zero attached hydrogens (tertiary/aromatic N) is 1. The molecule has 17 heavy (non-hydrogen) atoms. The summed E-state index contributed by atoms with van der Waals surface area (Å²) in [5.74, 6) is -1.24. The lowest BCUT2D eigenvalue weighted by molar-refractivity contribution is -0.144. The van der Waals surface area contributed by atoms with Gasteiger partial charge in [-0.2, -0.15) is 0 Å². The topological polar surface area (TPSA) is 92.9 Å². The van der Waals surface area contributed by atoms with E-state index >= 15 is 0 Å². The van der Waals surface area contributed by atoms with E-state index in [-0.39, 0.29) is 25.0 Å². The quantitative estimate of drug-likeness (QED) is 0.651. The van der Waals surface area contributed by atoms with Gasteiger partial charge in [0.15, 0.2) is 0 Å². The zero-order chi connectivity index (χ0) is 13.1. The van der Waals surface area contributed by atoms with Crippen molar-refractivity contribution in [3.8, 4) is 0 Å². The first-order valence-corrected chi connectivity index (χ1v) is 5.81. The van der Waals surface area contributed by atoms with Gasteiger partial charge in [-0.05, 0) is 20.3 Å². The number of ether oxygens (including phenoxy) is 1. The van der Waals surface area contributed by atoms with Crippen LogP contribution in [0.3, 0.4) is 0 Å². The predicted molar refractivity (Wildman–Crippen MR) is 61.5 cm³/mol. The van der Waals surface area contributed by atoms with Crippen LogP contribution in [-0.4, -0.2) is 53.2 Å². The summed E-state index contributed by atoms with van der Waals surface area (Å²) in [6.07, 6.45) is 0.680. The van der Waals surface area contributed by atoms with Gasteiger partial charge in [0.05, 0.1) is 13.0 Å². The van der Waals surface area contributed by atoms with E-state index in [1.807, 2.05) is 11.8 Å². The van der Waals surface area contributed by atoms with Gasteiger partial charge in [-0.3, -0.25) is 14.5 Å². The van der Waals surface area contributed by atoms with Crippen LogP contribution in [0, 0.1) is 0 Å². The number of hydrogen-bond acceptors (Lipinski definition) is 5. The predicted octanol–water partition coefficient (Wildman–Crippen LogP) is -0.184. The van der Waals surface area contributed by atoms with Gasteiger partial charge in [0, 0.05) is 19.1 Å². The van der Waals surface area contributed by atoms with Crippen molar-refractivity contribution < 1.29 is 19.4 Å². The Morgan fingerprint density at radius 1 is 1.59 bits per heavy atom. The molecule has 0 aliphatic carbocycles. The van der Waals surface area contributed by atoms with Crippen LogP contribution in [-0.2, 0) is 14.3 Å². The number of carboxylic acid groups (broad SMARTS) is 1. The van der Waals surface area contributed by atoms with Crippen molar-refractivity contribution >= 4 is 11.9 Å². The molecule has 6 heteroatoms. The fourth-order valence-corrected chi connectivity index (χ4v) is 2.00. The summed E-state index contributed by atoms with van der Waals surface area (Å²) in [4.78, 5) is 24.2. The third kappa shape index (κ3) is 3.41. The Labute approximate surface area is 101 Å². The number of rotatable bonds is 5. The molecular weight excluding hydrogens is 224 g/mol. The number of esters is 1. The summed E-state index contributed by atoms with van der Waals surface area (Å²) < 4.78 is 4.86. The molecular formula is C11H20N2O4. The Bertz CT molecular complexity index is 308. The number of aliphatic carboxylic acids is 1. The average Bonchev–Trinajstić information content (AvgIpc) is 2.62. The van der Waals surface area contributed by atoms with Crippen LogP contribution in [0.4, 0.5) is 0 Å². The highest BCUT2D eigenvalue weighted by molar-refractivity contribution is 5.79. The van der Waals surface area contributed by atoms with Gasteiger partial charge >= 0.3 is 11.9 Å². The minimum atomic E-state index is -1.18. The SMILES string of the molecule is CCOC(=O)CC(C)N1CCC(N)(C(=O)O)C1. The van der Waals surface area contributed by atoms with E-state index in [0.717, 1.165) is 0 Å². The second-order valence-corrected chi connectivity index (χ2v) is 4.54. The second-order valence-electron chi connectivity index (χ2n) is 4.54. The normalized spacial score (nSPS) is 26.8. The van der Waals surface area contributed by atoms with Gasteiger partial charge in [-0.1, -0.05) is 0 Å². The van der Waals surface area contributed by atoms with Crippen LogP contribution in [0.2, 0.25) is 0 Å². The van der Waals surface area contributed by atoms with Crippen molar-refractivity contribution in [3.05, 3.63) is 0 Å². The fourth-order valence-electron chi connectivity index (χ4n) is 2.00. The molecule has 6 nitrogen and oxygen atoms in total. The number of likely N-dealkylation sites (tertiary alicyclic amines) is 1. The van der Waals surface area contributed by atoms with Crippen molar-refractivity contribution in [1.82, 2.24) is 4.90 Å². The molecule has 0 spiro atoms. The maximum Gasteiger partial charge on any atom is 0.325 e. The lowest BCUT2D eigenvalue weighted by atomic mass is 10.0. The lowest BCUT2D eigenvalue weighted by Crippen LogP contribution is -2.51. The highest BCUT2D eigenvalue weighted by atomic mass is 16.5. The summed E-state index contributed by atoms with van der Waals surface area (Å²) in [5, 5.41) is 8.99. The summed E-state index contributed by atoms with van der Waals surface area (Å²) in [5.41, 5.74) is 4.58. The van der Waals surface area contributed by atoms with E-state index in [1.165, 1.54) is 0 Å². The van der Waals surface area contributed by atoms with Crippen molar-refractivity contribution in [3.63, 3.8) is 0 Å². The Kier molecular flexibility index (Phi) is 4.47. The number of nitrogens with two attached hydrogens (primary N) is 1. The minimum Gasteiger partial charge on any atom is -0.480 e. The van der Waals surface area contributed by atoms with Gasteiger partial charge in [0.2, 0.25) is 0 Å². The number of carbonyl (C=O) groups is 2. The second kappa shape index (κ2) is 5.46. The van der Waals surface area contributed by atoms with E-state index in [9.17, 15) is 9.59 Å². The largest absolute Gasteiger partial charge is 0.480 e. The first-order chi connectivity index (χ1) is 7.89. The van der Waals surface area contributed by atoms with Crippen LogP contribution in [0.25, 0.3) is 0 Å². The summed E-state index contributed by atoms with van der Waals surface area (Å²) in [6.45, 7) is 4.88. The Hall–Kier alpha value is -1.14. The number of carboxylic acids is 1. The average molecular weight is 244 g/mol. The highest BCUT2D eigenvalue weighted by Gasteiger charge is 2.42. The molecule has 1 saturated heterocycles. The Balaban J connectivity index is 2.48. The molecule has 2 atom stereocenters. The molecule has 0 amide bonds. The molecule has 1 aliphatic heterocycles. The van der Waals surface area contributed by atoms with Gasteiger partial charge in [-0.25, -0.2) is 0 Å². The van der Waals surface area contributed by atoms with Crippen LogP contribution in [0.5, 0.6) is 0 Å². The van der Waals surface area contributed by atoms with Crippen LogP contribution < -0.4 is 5.73 Å². The van der Waals surface area contributed by atoms with Crippen molar-refractivity contribution in [1.29, 1.82) is 0 Å². The maximum absolute atomic E-state index is 11.3. The summed E-state index contributed by atoms with van der Waals surface area (Å²) >= 11 is 0. The number of carbonyl (C=O) groups excluding carboxylic acids is 1. The molecule has 1 rings (SSSR count). The standard InChI is InChI=1S/C11H20N2O4/c1-3-17-9(14)6-8(2)13-5-4-11(12,7-13)10(15)16/h8H,3-7,12H2,1-2H3,(H,15,16). The molecule has 0 bridgehead atoms. The Morgan fingerprint density at radius 3 is 2.71 bits per heavy atom. The van der Waals surface area contributed by atoms with Gasteiger partial charge in [0.25, 0.3) is 0 Å². The van der Waals surface area contributed by atoms with Crippen molar-refractivity contribution in [2.75, 3.05) is 19.7 Å². The fraction of sp³-hybridized carbons (Fsp3) is 0.818. The van der Waals surface area contributed by atoms with Crippen molar-refractivity contribution in [2.45, 2.75) is 38.3 Å². The van der Waals surface area contributed by atoms with Crippen LogP contribution in [0.1, 0.15) is 26.7 Å². The maximum atomic E-state index is 11.3. The molecule has 1 fully saturated rings. The molecule has 0 saturated carbocycles. The molecule has 1 aliphatic rings. The first-order valence-electron chi connectivity index (χ1n) is 5.81. The zero-order valence-electron chi connectivity index (χ0n) is 10.3. The molecule has 3 N–H and O–H groups in total. The summed E-state index contributed by atoms with van der Waals surface area (Å²) in [6, 6.07) is -0.0428.